The Morgan fingerprint density at radius 2 is 1.71 bits per heavy atom. The largest absolute Gasteiger partial charge is 0.497 e. The van der Waals surface area contributed by atoms with E-state index >= 15 is 0 Å². The Labute approximate surface area is 191 Å². The van der Waals surface area contributed by atoms with E-state index in [-0.39, 0.29) is 5.91 Å². The van der Waals surface area contributed by atoms with Crippen LogP contribution in [0, 0.1) is 0 Å². The Hall–Kier alpha value is -2.71. The van der Waals surface area contributed by atoms with Gasteiger partial charge in [0.1, 0.15) is 5.75 Å². The maximum atomic E-state index is 12.7. The molecule has 1 aromatic heterocycles. The molecule has 0 bridgehead atoms. The molecule has 1 saturated heterocycles. The van der Waals surface area contributed by atoms with E-state index in [2.05, 4.69) is 27.2 Å². The summed E-state index contributed by atoms with van der Waals surface area (Å²) >= 11 is 7.37. The third-order valence-corrected chi connectivity index (χ3v) is 6.59. The third-order valence-electron chi connectivity index (χ3n) is 5.33. The van der Waals surface area contributed by atoms with E-state index in [9.17, 15) is 4.79 Å². The molecule has 0 aliphatic carbocycles. The first-order valence-corrected chi connectivity index (χ1v) is 11.4. The monoisotopic (exact) mass is 457 g/mol. The summed E-state index contributed by atoms with van der Waals surface area (Å²) in [5.41, 5.74) is 2.09. The second-order valence-corrected chi connectivity index (χ2v) is 8.61. The van der Waals surface area contributed by atoms with Crippen molar-refractivity contribution in [3.05, 3.63) is 53.6 Å². The standard InChI is InChI=1S/C22H24ClN5O2S/c1-26-21(16-3-5-17(23)6-4-16)24-25-22(26)31-15-20(29)28-13-11-27(12-14-28)18-7-9-19(30-2)10-8-18/h3-10H,11-15H2,1-2H3. The molecule has 0 saturated carbocycles. The van der Waals surface area contributed by atoms with Gasteiger partial charge in [-0.05, 0) is 48.5 Å². The van der Waals surface area contributed by atoms with Gasteiger partial charge in [-0.15, -0.1) is 10.2 Å². The summed E-state index contributed by atoms with van der Waals surface area (Å²) in [5, 5.41) is 9.92. The van der Waals surface area contributed by atoms with E-state index in [4.69, 9.17) is 16.3 Å². The summed E-state index contributed by atoms with van der Waals surface area (Å²) in [5.74, 6) is 2.06. The van der Waals surface area contributed by atoms with Crippen molar-refractivity contribution in [2.75, 3.05) is 43.9 Å². The molecule has 9 heteroatoms. The van der Waals surface area contributed by atoms with Crippen LogP contribution in [0.25, 0.3) is 11.4 Å². The topological polar surface area (TPSA) is 63.5 Å². The first kappa shape index (κ1) is 21.5. The Kier molecular flexibility index (Phi) is 6.67. The first-order valence-electron chi connectivity index (χ1n) is 10.00. The maximum absolute atomic E-state index is 12.7. The quantitative estimate of drug-likeness (QED) is 0.527. The molecule has 1 aliphatic rings. The highest BCUT2D eigenvalue weighted by Gasteiger charge is 2.22. The Morgan fingerprint density at radius 1 is 1.03 bits per heavy atom. The molecule has 0 spiro atoms. The van der Waals surface area contributed by atoms with Crippen LogP contribution in [0.3, 0.4) is 0 Å². The van der Waals surface area contributed by atoms with Crippen LogP contribution in [0.2, 0.25) is 5.02 Å². The van der Waals surface area contributed by atoms with Gasteiger partial charge in [0.05, 0.1) is 12.9 Å². The second-order valence-electron chi connectivity index (χ2n) is 7.23. The van der Waals surface area contributed by atoms with Crippen molar-refractivity contribution < 1.29 is 9.53 Å². The van der Waals surface area contributed by atoms with Crippen LogP contribution in [-0.4, -0.2) is 64.6 Å². The number of hydrogen-bond acceptors (Lipinski definition) is 6. The third kappa shape index (κ3) is 4.97. The number of nitrogens with zero attached hydrogens (tertiary/aromatic N) is 5. The number of carbonyl (C=O) groups is 1. The van der Waals surface area contributed by atoms with Crippen molar-refractivity contribution in [1.29, 1.82) is 0 Å². The summed E-state index contributed by atoms with van der Waals surface area (Å²) in [6.07, 6.45) is 0. The van der Waals surface area contributed by atoms with E-state index in [1.807, 2.05) is 52.9 Å². The highest BCUT2D eigenvalue weighted by atomic mass is 35.5. The molecule has 2 aromatic carbocycles. The predicted molar refractivity (Wildman–Crippen MR) is 124 cm³/mol. The molecule has 1 amide bonds. The van der Waals surface area contributed by atoms with Crippen LogP contribution in [0.15, 0.2) is 53.7 Å². The van der Waals surface area contributed by atoms with Crippen molar-refractivity contribution in [1.82, 2.24) is 19.7 Å². The molecule has 7 nitrogen and oxygen atoms in total. The molecule has 0 N–H and O–H groups in total. The number of methoxy groups -OCH3 is 1. The van der Waals surface area contributed by atoms with Gasteiger partial charge in [-0.2, -0.15) is 0 Å². The van der Waals surface area contributed by atoms with E-state index < -0.39 is 0 Å². The molecule has 162 valence electrons. The molecule has 1 aliphatic heterocycles. The zero-order valence-corrected chi connectivity index (χ0v) is 19.1. The van der Waals surface area contributed by atoms with Gasteiger partial charge in [-0.25, -0.2) is 0 Å². The van der Waals surface area contributed by atoms with Gasteiger partial charge in [-0.1, -0.05) is 23.4 Å². The summed E-state index contributed by atoms with van der Waals surface area (Å²) < 4.78 is 7.12. The summed E-state index contributed by atoms with van der Waals surface area (Å²) in [6, 6.07) is 15.5. The molecule has 0 radical (unpaired) electrons. The maximum Gasteiger partial charge on any atom is 0.233 e. The number of aromatic nitrogens is 3. The Balaban J connectivity index is 1.30. The second kappa shape index (κ2) is 9.62. The zero-order valence-electron chi connectivity index (χ0n) is 17.5. The number of ether oxygens (including phenoxy) is 1. The molecule has 31 heavy (non-hydrogen) atoms. The van der Waals surface area contributed by atoms with E-state index in [0.717, 1.165) is 41.1 Å². The number of anilines is 1. The van der Waals surface area contributed by atoms with Crippen LogP contribution in [0.5, 0.6) is 5.75 Å². The fourth-order valence-corrected chi connectivity index (χ4v) is 4.46. The summed E-state index contributed by atoms with van der Waals surface area (Å²) in [6.45, 7) is 3.04. The Bertz CT molecular complexity index is 1030. The molecule has 1 fully saturated rings. The lowest BCUT2D eigenvalue weighted by Crippen LogP contribution is -2.49. The number of amides is 1. The van der Waals surface area contributed by atoms with E-state index in [1.165, 1.54) is 11.8 Å². The number of halogens is 1. The fraction of sp³-hybridized carbons (Fsp3) is 0.318. The van der Waals surface area contributed by atoms with E-state index in [0.29, 0.717) is 23.9 Å². The van der Waals surface area contributed by atoms with Gasteiger partial charge >= 0.3 is 0 Å². The van der Waals surface area contributed by atoms with Crippen molar-refractivity contribution in [2.24, 2.45) is 7.05 Å². The fourth-order valence-electron chi connectivity index (χ4n) is 3.52. The summed E-state index contributed by atoms with van der Waals surface area (Å²) in [7, 11) is 3.57. The number of hydrogen-bond donors (Lipinski definition) is 0. The van der Waals surface area contributed by atoms with Crippen LogP contribution < -0.4 is 9.64 Å². The SMILES string of the molecule is COc1ccc(N2CCN(C(=O)CSc3nnc(-c4ccc(Cl)cc4)n3C)CC2)cc1. The number of carbonyl (C=O) groups excluding carboxylic acids is 1. The highest BCUT2D eigenvalue weighted by molar-refractivity contribution is 7.99. The Morgan fingerprint density at radius 3 is 2.35 bits per heavy atom. The molecule has 3 aromatic rings. The molecular weight excluding hydrogens is 434 g/mol. The van der Waals surface area contributed by atoms with Gasteiger partial charge < -0.3 is 19.1 Å². The smallest absolute Gasteiger partial charge is 0.233 e. The lowest BCUT2D eigenvalue weighted by Gasteiger charge is -2.36. The van der Waals surface area contributed by atoms with Crippen molar-refractivity contribution in [2.45, 2.75) is 5.16 Å². The van der Waals surface area contributed by atoms with Crippen LogP contribution >= 0.6 is 23.4 Å². The van der Waals surface area contributed by atoms with Gasteiger partial charge in [0.25, 0.3) is 0 Å². The van der Waals surface area contributed by atoms with Gasteiger partial charge in [0.15, 0.2) is 11.0 Å². The van der Waals surface area contributed by atoms with Crippen LogP contribution in [-0.2, 0) is 11.8 Å². The van der Waals surface area contributed by atoms with Crippen LogP contribution in [0.1, 0.15) is 0 Å². The molecular formula is C22H24ClN5O2S. The van der Waals surface area contributed by atoms with Gasteiger partial charge in [0, 0.05) is 49.5 Å². The first-order chi connectivity index (χ1) is 15.0. The summed E-state index contributed by atoms with van der Waals surface area (Å²) in [4.78, 5) is 16.9. The normalized spacial score (nSPS) is 14.0. The number of rotatable bonds is 6. The number of thioether (sulfide) groups is 1. The lowest BCUT2D eigenvalue weighted by atomic mass is 10.2. The molecule has 0 atom stereocenters. The lowest BCUT2D eigenvalue weighted by molar-refractivity contribution is -0.128. The van der Waals surface area contributed by atoms with Crippen molar-refractivity contribution >= 4 is 35.0 Å². The van der Waals surface area contributed by atoms with Crippen molar-refractivity contribution in [3.63, 3.8) is 0 Å². The number of benzene rings is 2. The molecule has 4 rings (SSSR count). The highest BCUT2D eigenvalue weighted by Crippen LogP contribution is 2.25. The average molecular weight is 458 g/mol. The van der Waals surface area contributed by atoms with E-state index in [1.54, 1.807) is 7.11 Å². The minimum Gasteiger partial charge on any atom is -0.497 e. The average Bonchev–Trinajstić information content (AvgIpc) is 3.18. The number of piperazine rings is 1. The van der Waals surface area contributed by atoms with Crippen LogP contribution in [0.4, 0.5) is 5.69 Å². The molecule has 0 unspecified atom stereocenters. The minimum absolute atomic E-state index is 0.121. The minimum atomic E-state index is 0.121. The molecule has 2 heterocycles. The van der Waals surface area contributed by atoms with Gasteiger partial charge in [-0.3, -0.25) is 4.79 Å². The predicted octanol–water partition coefficient (Wildman–Crippen LogP) is 3.59. The zero-order chi connectivity index (χ0) is 21.8. The van der Waals surface area contributed by atoms with Crippen molar-refractivity contribution in [3.8, 4) is 17.1 Å². The van der Waals surface area contributed by atoms with Gasteiger partial charge in [0.2, 0.25) is 5.91 Å².